The number of nitrogens with zero attached hydrogens (tertiary/aromatic N) is 2. The topological polar surface area (TPSA) is 89.8 Å². The van der Waals surface area contributed by atoms with E-state index in [-0.39, 0.29) is 5.69 Å². The van der Waals surface area contributed by atoms with E-state index in [4.69, 9.17) is 4.74 Å². The van der Waals surface area contributed by atoms with Crippen molar-refractivity contribution in [1.82, 2.24) is 0 Å². The SMILES string of the molecule is COCCCN(C)c1ccc(S(=O)(=O)C(F)(F)F)cc1[N+](=O)[O-]. The number of nitro groups is 1. The maximum atomic E-state index is 12.5. The molecule has 0 heterocycles. The molecule has 11 heteroatoms. The van der Waals surface area contributed by atoms with E-state index in [0.717, 1.165) is 6.07 Å². The van der Waals surface area contributed by atoms with Gasteiger partial charge in [0.1, 0.15) is 5.69 Å². The highest BCUT2D eigenvalue weighted by Crippen LogP contribution is 2.35. The average molecular weight is 356 g/mol. The van der Waals surface area contributed by atoms with Crippen LogP contribution in [0.15, 0.2) is 23.1 Å². The predicted molar refractivity (Wildman–Crippen MR) is 76.1 cm³/mol. The van der Waals surface area contributed by atoms with E-state index >= 15 is 0 Å². The fourth-order valence-electron chi connectivity index (χ4n) is 1.84. The van der Waals surface area contributed by atoms with Crippen molar-refractivity contribution in [3.8, 4) is 0 Å². The summed E-state index contributed by atoms with van der Waals surface area (Å²) in [7, 11) is -2.64. The minimum absolute atomic E-state index is 0.0206. The first kappa shape index (κ1) is 19.2. The Morgan fingerprint density at radius 3 is 2.43 bits per heavy atom. The maximum absolute atomic E-state index is 12.5. The molecular weight excluding hydrogens is 341 g/mol. The van der Waals surface area contributed by atoms with Crippen LogP contribution in [0, 0.1) is 10.1 Å². The van der Waals surface area contributed by atoms with Crippen LogP contribution in [0.5, 0.6) is 0 Å². The third-order valence-electron chi connectivity index (χ3n) is 3.01. The Labute approximate surface area is 130 Å². The Bertz CT molecular complexity index is 676. The smallest absolute Gasteiger partial charge is 0.385 e. The number of benzene rings is 1. The van der Waals surface area contributed by atoms with Gasteiger partial charge in [0.2, 0.25) is 0 Å². The largest absolute Gasteiger partial charge is 0.501 e. The molecule has 1 aromatic rings. The van der Waals surface area contributed by atoms with E-state index in [9.17, 15) is 31.7 Å². The molecule has 0 saturated carbocycles. The van der Waals surface area contributed by atoms with Gasteiger partial charge in [0, 0.05) is 33.4 Å². The zero-order chi connectivity index (χ0) is 17.8. The first-order valence-corrected chi connectivity index (χ1v) is 7.80. The van der Waals surface area contributed by atoms with E-state index in [0.29, 0.717) is 31.7 Å². The molecule has 0 aliphatic heterocycles. The summed E-state index contributed by atoms with van der Waals surface area (Å²) >= 11 is 0. The molecule has 0 bridgehead atoms. The molecule has 0 atom stereocenters. The van der Waals surface area contributed by atoms with Crippen LogP contribution >= 0.6 is 0 Å². The summed E-state index contributed by atoms with van der Waals surface area (Å²) in [6.45, 7) is 0.749. The highest BCUT2D eigenvalue weighted by molar-refractivity contribution is 7.92. The second-order valence-electron chi connectivity index (χ2n) is 4.62. The van der Waals surface area contributed by atoms with E-state index in [2.05, 4.69) is 0 Å². The number of nitro benzene ring substituents is 1. The van der Waals surface area contributed by atoms with Crippen molar-refractivity contribution in [1.29, 1.82) is 0 Å². The van der Waals surface area contributed by atoms with Gasteiger partial charge in [-0.2, -0.15) is 13.2 Å². The van der Waals surface area contributed by atoms with Gasteiger partial charge < -0.3 is 9.64 Å². The Hall–Kier alpha value is -1.88. The summed E-state index contributed by atoms with van der Waals surface area (Å²) < 4.78 is 65.1. The molecule has 0 unspecified atom stereocenters. The van der Waals surface area contributed by atoms with Crippen LogP contribution < -0.4 is 4.90 Å². The molecule has 1 aromatic carbocycles. The summed E-state index contributed by atoms with van der Waals surface area (Å²) in [5.41, 5.74) is -6.21. The van der Waals surface area contributed by atoms with Crippen molar-refractivity contribution in [2.24, 2.45) is 0 Å². The van der Waals surface area contributed by atoms with Crippen molar-refractivity contribution >= 4 is 21.2 Å². The van der Waals surface area contributed by atoms with Gasteiger partial charge in [0.05, 0.1) is 9.82 Å². The number of halogens is 3. The summed E-state index contributed by atoms with van der Waals surface area (Å²) in [6.07, 6.45) is 0.534. The first-order valence-electron chi connectivity index (χ1n) is 6.32. The molecule has 0 N–H and O–H groups in total. The standard InChI is InChI=1S/C12H15F3N2O5S/c1-16(6-3-7-22-2)10-5-4-9(8-11(10)17(18)19)23(20,21)12(13,14)15/h4-5,8H,3,6-7H2,1-2H3. The van der Waals surface area contributed by atoms with Crippen LogP contribution in [0.3, 0.4) is 0 Å². The molecule has 7 nitrogen and oxygen atoms in total. The Balaban J connectivity index is 3.26. The average Bonchev–Trinajstić information content (AvgIpc) is 2.45. The molecule has 23 heavy (non-hydrogen) atoms. The Kier molecular flexibility index (Phi) is 5.94. The van der Waals surface area contributed by atoms with Crippen LogP contribution in [0.1, 0.15) is 6.42 Å². The van der Waals surface area contributed by atoms with Crippen LogP contribution in [0.4, 0.5) is 24.5 Å². The molecule has 130 valence electrons. The molecule has 0 aliphatic rings. The second-order valence-corrected chi connectivity index (χ2v) is 6.57. The van der Waals surface area contributed by atoms with Crippen molar-refractivity contribution in [2.75, 3.05) is 32.2 Å². The van der Waals surface area contributed by atoms with Crippen molar-refractivity contribution in [3.63, 3.8) is 0 Å². The van der Waals surface area contributed by atoms with Crippen LogP contribution in [-0.2, 0) is 14.6 Å². The molecule has 0 aliphatic carbocycles. The van der Waals surface area contributed by atoms with Gasteiger partial charge in [-0.1, -0.05) is 0 Å². The zero-order valence-corrected chi connectivity index (χ0v) is 13.1. The molecule has 0 saturated heterocycles. The number of ether oxygens (including phenoxy) is 1. The highest BCUT2D eigenvalue weighted by Gasteiger charge is 2.47. The Morgan fingerprint density at radius 2 is 1.96 bits per heavy atom. The predicted octanol–water partition coefficient (Wildman–Crippen LogP) is 2.36. The number of rotatable bonds is 7. The lowest BCUT2D eigenvalue weighted by Gasteiger charge is -2.19. The monoisotopic (exact) mass is 356 g/mol. The summed E-state index contributed by atoms with van der Waals surface area (Å²) in [5.74, 6) is 0. The van der Waals surface area contributed by atoms with E-state index in [1.165, 1.54) is 19.1 Å². The van der Waals surface area contributed by atoms with Gasteiger partial charge >= 0.3 is 5.51 Å². The molecule has 0 fully saturated rings. The number of alkyl halides is 3. The van der Waals surface area contributed by atoms with E-state index < -0.39 is 30.9 Å². The molecule has 0 aromatic heterocycles. The molecule has 0 radical (unpaired) electrons. The van der Waals surface area contributed by atoms with Gasteiger partial charge in [0.15, 0.2) is 0 Å². The number of hydrogen-bond donors (Lipinski definition) is 0. The van der Waals surface area contributed by atoms with E-state index in [1.807, 2.05) is 0 Å². The van der Waals surface area contributed by atoms with Gasteiger partial charge in [-0.15, -0.1) is 0 Å². The number of methoxy groups -OCH3 is 1. The lowest BCUT2D eigenvalue weighted by molar-refractivity contribution is -0.384. The van der Waals surface area contributed by atoms with Gasteiger partial charge in [0.25, 0.3) is 15.5 Å². The quantitative estimate of drug-likeness (QED) is 0.423. The summed E-state index contributed by atoms with van der Waals surface area (Å²) in [6, 6.07) is 2.12. The van der Waals surface area contributed by atoms with Gasteiger partial charge in [-0.25, -0.2) is 8.42 Å². The van der Waals surface area contributed by atoms with Crippen LogP contribution in [-0.4, -0.2) is 46.2 Å². The number of hydrogen-bond acceptors (Lipinski definition) is 6. The fourth-order valence-corrected chi connectivity index (χ4v) is 2.62. The number of anilines is 1. The lowest BCUT2D eigenvalue weighted by Crippen LogP contribution is -2.24. The molecule has 1 rings (SSSR count). The minimum atomic E-state index is -5.64. The maximum Gasteiger partial charge on any atom is 0.501 e. The number of sulfone groups is 1. The minimum Gasteiger partial charge on any atom is -0.385 e. The van der Waals surface area contributed by atoms with Crippen molar-refractivity contribution in [2.45, 2.75) is 16.8 Å². The first-order chi connectivity index (χ1) is 10.5. The van der Waals surface area contributed by atoms with Crippen molar-refractivity contribution in [3.05, 3.63) is 28.3 Å². The molecular formula is C12H15F3N2O5S. The molecule has 0 amide bonds. The third-order valence-corrected chi connectivity index (χ3v) is 4.50. The summed E-state index contributed by atoms with van der Waals surface area (Å²) in [4.78, 5) is 10.4. The molecule has 0 spiro atoms. The second kappa shape index (κ2) is 7.13. The lowest BCUT2D eigenvalue weighted by atomic mass is 10.2. The van der Waals surface area contributed by atoms with Crippen LogP contribution in [0.2, 0.25) is 0 Å². The zero-order valence-electron chi connectivity index (χ0n) is 12.3. The van der Waals surface area contributed by atoms with Crippen LogP contribution in [0.25, 0.3) is 0 Å². The normalized spacial score (nSPS) is 12.2. The van der Waals surface area contributed by atoms with Crippen molar-refractivity contribution < 1.29 is 31.2 Å². The Morgan fingerprint density at radius 1 is 1.35 bits per heavy atom. The summed E-state index contributed by atoms with van der Waals surface area (Å²) in [5, 5.41) is 11.1. The van der Waals surface area contributed by atoms with E-state index in [1.54, 1.807) is 0 Å². The van der Waals surface area contributed by atoms with Gasteiger partial charge in [-0.3, -0.25) is 10.1 Å². The highest BCUT2D eigenvalue weighted by atomic mass is 32.2. The third kappa shape index (κ3) is 4.32. The van der Waals surface area contributed by atoms with Gasteiger partial charge in [-0.05, 0) is 18.6 Å². The fraction of sp³-hybridized carbons (Fsp3) is 0.500.